The fourth-order valence-corrected chi connectivity index (χ4v) is 4.25. The molecule has 1 amide bonds. The van der Waals surface area contributed by atoms with E-state index in [2.05, 4.69) is 10.0 Å². The first-order chi connectivity index (χ1) is 15.8. The number of sulfonamides is 1. The monoisotopic (exact) mass is 480 g/mol. The maximum Gasteiger partial charge on any atom is 0.306 e. The zero-order valence-corrected chi connectivity index (χ0v) is 19.2. The van der Waals surface area contributed by atoms with Crippen LogP contribution in [0.1, 0.15) is 44.4 Å². The third-order valence-electron chi connectivity index (χ3n) is 4.89. The lowest BCUT2D eigenvalue weighted by Crippen LogP contribution is -2.30. The van der Waals surface area contributed by atoms with Crippen LogP contribution in [0.15, 0.2) is 45.9 Å². The highest BCUT2D eigenvalue weighted by molar-refractivity contribution is 7.89. The van der Waals surface area contributed by atoms with Crippen LogP contribution in [0.3, 0.4) is 0 Å². The number of furan rings is 1. The van der Waals surface area contributed by atoms with Crippen molar-refractivity contribution in [3.8, 4) is 11.5 Å². The average molecular weight is 481 g/mol. The minimum Gasteiger partial charge on any atom is -0.486 e. The van der Waals surface area contributed by atoms with Crippen LogP contribution in [0, 0.1) is 0 Å². The van der Waals surface area contributed by atoms with E-state index in [9.17, 15) is 18.0 Å². The van der Waals surface area contributed by atoms with Gasteiger partial charge in [-0.15, -0.1) is 0 Å². The Morgan fingerprint density at radius 1 is 1.09 bits per heavy atom. The van der Waals surface area contributed by atoms with Crippen molar-refractivity contribution in [1.82, 2.24) is 10.0 Å². The van der Waals surface area contributed by atoms with Gasteiger partial charge in [-0.05, 0) is 44.0 Å². The molecule has 1 unspecified atom stereocenters. The maximum atomic E-state index is 12.4. The van der Waals surface area contributed by atoms with Crippen molar-refractivity contribution >= 4 is 21.9 Å². The van der Waals surface area contributed by atoms with Gasteiger partial charge in [0.05, 0.1) is 17.2 Å². The normalized spacial score (nSPS) is 13.8. The van der Waals surface area contributed by atoms with Crippen LogP contribution < -0.4 is 19.5 Å². The third kappa shape index (κ3) is 7.50. The quantitative estimate of drug-likeness (QED) is 0.349. The summed E-state index contributed by atoms with van der Waals surface area (Å²) < 4.78 is 48.4. The molecule has 3 rings (SSSR count). The molecule has 1 aliphatic heterocycles. The Morgan fingerprint density at radius 2 is 1.88 bits per heavy atom. The number of ether oxygens (including phenoxy) is 3. The van der Waals surface area contributed by atoms with E-state index in [-0.39, 0.29) is 30.5 Å². The number of benzene rings is 1. The van der Waals surface area contributed by atoms with Crippen LogP contribution in [-0.2, 0) is 24.3 Å². The van der Waals surface area contributed by atoms with E-state index < -0.39 is 21.9 Å². The Bertz CT molecular complexity index is 1040. The molecular formula is C22H28N2O8S. The Morgan fingerprint density at radius 3 is 2.64 bits per heavy atom. The van der Waals surface area contributed by atoms with Crippen LogP contribution in [-0.4, -0.2) is 46.7 Å². The molecule has 0 fully saturated rings. The van der Waals surface area contributed by atoms with Gasteiger partial charge < -0.3 is 23.9 Å². The van der Waals surface area contributed by atoms with E-state index in [0.717, 1.165) is 0 Å². The van der Waals surface area contributed by atoms with E-state index >= 15 is 0 Å². The number of nitrogens with one attached hydrogen (secondary N) is 2. The molecule has 2 aromatic rings. The van der Waals surface area contributed by atoms with E-state index in [1.807, 2.05) is 0 Å². The number of fused-ring (bicyclic) bond motifs is 1. The van der Waals surface area contributed by atoms with Gasteiger partial charge in [0.15, 0.2) is 18.1 Å². The van der Waals surface area contributed by atoms with Gasteiger partial charge >= 0.3 is 5.97 Å². The molecule has 2 N–H and O–H groups in total. The number of carbonyl (C=O) groups is 2. The van der Waals surface area contributed by atoms with Crippen molar-refractivity contribution in [3.63, 3.8) is 0 Å². The molecule has 180 valence electrons. The van der Waals surface area contributed by atoms with Gasteiger partial charge in [-0.1, -0.05) is 6.42 Å². The molecule has 0 spiro atoms. The molecular weight excluding hydrogens is 452 g/mol. The van der Waals surface area contributed by atoms with E-state index in [4.69, 9.17) is 18.6 Å². The van der Waals surface area contributed by atoms with Gasteiger partial charge in [-0.2, -0.15) is 0 Å². The van der Waals surface area contributed by atoms with Crippen molar-refractivity contribution in [1.29, 1.82) is 0 Å². The SMILES string of the molecule is CC(NC(=O)COC(=O)CCCCCNS(=O)(=O)c1ccc2c(c1)OCCO2)c1ccco1. The molecule has 1 aliphatic rings. The fraction of sp³-hybridized carbons (Fsp3) is 0.455. The molecule has 1 aromatic carbocycles. The number of unbranched alkanes of at least 4 members (excludes halogenated alkanes) is 2. The number of rotatable bonds is 12. The Hall–Kier alpha value is -3.05. The average Bonchev–Trinajstić information content (AvgIpc) is 3.35. The molecule has 0 bridgehead atoms. The fourth-order valence-electron chi connectivity index (χ4n) is 3.16. The zero-order chi connectivity index (χ0) is 23.7. The summed E-state index contributed by atoms with van der Waals surface area (Å²) in [6.07, 6.45) is 3.37. The highest BCUT2D eigenvalue weighted by Crippen LogP contribution is 2.32. The molecule has 0 saturated carbocycles. The van der Waals surface area contributed by atoms with Crippen LogP contribution in [0.4, 0.5) is 0 Å². The van der Waals surface area contributed by atoms with Crippen LogP contribution in [0.25, 0.3) is 0 Å². The molecule has 33 heavy (non-hydrogen) atoms. The van der Waals surface area contributed by atoms with Gasteiger partial charge in [-0.25, -0.2) is 13.1 Å². The second-order valence-corrected chi connectivity index (χ2v) is 9.25. The summed E-state index contributed by atoms with van der Waals surface area (Å²) in [4.78, 5) is 23.8. The Kier molecular flexibility index (Phi) is 8.72. The lowest BCUT2D eigenvalue weighted by atomic mass is 10.2. The van der Waals surface area contributed by atoms with Crippen LogP contribution >= 0.6 is 0 Å². The largest absolute Gasteiger partial charge is 0.486 e. The van der Waals surface area contributed by atoms with E-state index in [1.165, 1.54) is 18.4 Å². The van der Waals surface area contributed by atoms with Gasteiger partial charge in [0.2, 0.25) is 10.0 Å². The molecule has 0 radical (unpaired) electrons. The third-order valence-corrected chi connectivity index (χ3v) is 6.34. The second-order valence-electron chi connectivity index (χ2n) is 7.48. The van der Waals surface area contributed by atoms with Crippen LogP contribution in [0.2, 0.25) is 0 Å². The zero-order valence-electron chi connectivity index (χ0n) is 18.4. The van der Waals surface area contributed by atoms with Crippen LogP contribution in [0.5, 0.6) is 11.5 Å². The summed E-state index contributed by atoms with van der Waals surface area (Å²) >= 11 is 0. The first-order valence-electron chi connectivity index (χ1n) is 10.7. The molecule has 11 heteroatoms. The smallest absolute Gasteiger partial charge is 0.306 e. The molecule has 1 atom stereocenters. The molecule has 10 nitrogen and oxygen atoms in total. The number of carbonyl (C=O) groups excluding carboxylic acids is 2. The van der Waals surface area contributed by atoms with Gasteiger partial charge in [0.1, 0.15) is 19.0 Å². The van der Waals surface area contributed by atoms with E-state index in [1.54, 1.807) is 25.1 Å². The molecule has 1 aromatic heterocycles. The van der Waals surface area contributed by atoms with Crippen molar-refractivity contribution in [2.75, 3.05) is 26.4 Å². The molecule has 2 heterocycles. The van der Waals surface area contributed by atoms with Gasteiger partial charge in [0, 0.05) is 19.0 Å². The minimum atomic E-state index is -3.67. The van der Waals surface area contributed by atoms with Gasteiger partial charge in [0.25, 0.3) is 5.91 Å². The summed E-state index contributed by atoms with van der Waals surface area (Å²) in [5.74, 6) is 0.649. The molecule has 0 aliphatic carbocycles. The lowest BCUT2D eigenvalue weighted by Gasteiger charge is -2.18. The number of hydrogen-bond donors (Lipinski definition) is 2. The predicted octanol–water partition coefficient (Wildman–Crippen LogP) is 2.31. The van der Waals surface area contributed by atoms with E-state index in [0.29, 0.717) is 49.7 Å². The first-order valence-corrected chi connectivity index (χ1v) is 12.2. The summed E-state index contributed by atoms with van der Waals surface area (Å²) in [6.45, 7) is 2.45. The van der Waals surface area contributed by atoms with Crippen molar-refractivity contribution in [2.45, 2.75) is 43.5 Å². The Balaban J connectivity index is 1.28. The highest BCUT2D eigenvalue weighted by Gasteiger charge is 2.19. The number of hydrogen-bond acceptors (Lipinski definition) is 8. The second kappa shape index (κ2) is 11.7. The van der Waals surface area contributed by atoms with Gasteiger partial charge in [-0.3, -0.25) is 9.59 Å². The molecule has 0 saturated heterocycles. The summed E-state index contributed by atoms with van der Waals surface area (Å²) in [5.41, 5.74) is 0. The lowest BCUT2D eigenvalue weighted by molar-refractivity contribution is -0.148. The van der Waals surface area contributed by atoms with Crippen molar-refractivity contribution in [3.05, 3.63) is 42.4 Å². The summed E-state index contributed by atoms with van der Waals surface area (Å²) in [5, 5.41) is 2.68. The minimum absolute atomic E-state index is 0.106. The number of amides is 1. The summed E-state index contributed by atoms with van der Waals surface area (Å²) in [7, 11) is -3.67. The van der Waals surface area contributed by atoms with Crippen molar-refractivity contribution < 1.29 is 36.6 Å². The highest BCUT2D eigenvalue weighted by atomic mass is 32.2. The Labute approximate surface area is 192 Å². The topological polar surface area (TPSA) is 133 Å². The summed E-state index contributed by atoms with van der Waals surface area (Å²) in [6, 6.07) is 7.63. The number of esters is 1. The van der Waals surface area contributed by atoms with Crippen molar-refractivity contribution in [2.24, 2.45) is 0 Å². The first kappa shape index (κ1) is 24.6. The standard InChI is InChI=1S/C22H28N2O8S/c1-16(18-6-5-11-29-18)24-21(25)15-32-22(26)7-3-2-4-10-23-33(27,28)17-8-9-19-20(14-17)31-13-12-30-19/h5-6,8-9,11,14,16,23H,2-4,7,10,12-13,15H2,1H3,(H,24,25). The predicted molar refractivity (Wildman–Crippen MR) is 117 cm³/mol. The maximum absolute atomic E-state index is 12.4.